The van der Waals surface area contributed by atoms with E-state index in [9.17, 15) is 0 Å². The number of aromatic nitrogens is 6. The number of benzene rings is 1. The predicted molar refractivity (Wildman–Crippen MR) is 88.2 cm³/mol. The van der Waals surface area contributed by atoms with Gasteiger partial charge in [0.15, 0.2) is 11.6 Å². The maximum absolute atomic E-state index is 5.65. The molecule has 9 heteroatoms. The van der Waals surface area contributed by atoms with Gasteiger partial charge in [0.2, 0.25) is 5.82 Å². The molecule has 25 heavy (non-hydrogen) atoms. The minimum atomic E-state index is 0.221. The SMILES string of the molecule is Cc1cc(Sc2nnc(COc3ccccc3)o2)[n+]2[nH]c(C)nc2n1. The normalized spacial score (nSPS) is 11.1. The Labute approximate surface area is 147 Å². The van der Waals surface area contributed by atoms with Gasteiger partial charge in [-0.3, -0.25) is 0 Å². The van der Waals surface area contributed by atoms with Gasteiger partial charge in [0.25, 0.3) is 11.1 Å². The fourth-order valence-electron chi connectivity index (χ4n) is 2.26. The first-order chi connectivity index (χ1) is 12.2. The zero-order valence-electron chi connectivity index (χ0n) is 13.6. The summed E-state index contributed by atoms with van der Waals surface area (Å²) in [6.07, 6.45) is 0. The van der Waals surface area contributed by atoms with E-state index in [0.29, 0.717) is 16.9 Å². The largest absolute Gasteiger partial charge is 0.484 e. The summed E-state index contributed by atoms with van der Waals surface area (Å²) < 4.78 is 13.1. The van der Waals surface area contributed by atoms with Crippen LogP contribution in [0.15, 0.2) is 51.1 Å². The molecule has 1 aromatic carbocycles. The third-order valence-corrected chi connectivity index (χ3v) is 4.17. The van der Waals surface area contributed by atoms with Gasteiger partial charge in [-0.15, -0.1) is 14.7 Å². The number of aryl methyl sites for hydroxylation is 2. The number of H-pyrrole nitrogens is 1. The minimum Gasteiger partial charge on any atom is -0.484 e. The summed E-state index contributed by atoms with van der Waals surface area (Å²) in [6, 6.07) is 11.4. The van der Waals surface area contributed by atoms with E-state index in [4.69, 9.17) is 9.15 Å². The molecule has 0 aliphatic rings. The van der Waals surface area contributed by atoms with Crippen LogP contribution in [0, 0.1) is 13.8 Å². The van der Waals surface area contributed by atoms with Gasteiger partial charge in [-0.1, -0.05) is 28.2 Å². The zero-order chi connectivity index (χ0) is 17.2. The van der Waals surface area contributed by atoms with Crippen molar-refractivity contribution < 1.29 is 13.7 Å². The second kappa shape index (κ2) is 6.52. The summed E-state index contributed by atoms with van der Waals surface area (Å²) >= 11 is 1.34. The molecule has 0 bridgehead atoms. The molecular weight excluding hydrogens is 340 g/mol. The van der Waals surface area contributed by atoms with Crippen LogP contribution in [0.5, 0.6) is 5.75 Å². The Balaban J connectivity index is 1.51. The van der Waals surface area contributed by atoms with Crippen LogP contribution in [0.3, 0.4) is 0 Å². The number of aromatic amines is 1. The van der Waals surface area contributed by atoms with Crippen LogP contribution in [0.25, 0.3) is 5.78 Å². The highest BCUT2D eigenvalue weighted by molar-refractivity contribution is 7.98. The molecule has 4 aromatic rings. The van der Waals surface area contributed by atoms with E-state index < -0.39 is 0 Å². The maximum Gasteiger partial charge on any atom is 0.458 e. The van der Waals surface area contributed by atoms with Crippen molar-refractivity contribution in [2.75, 3.05) is 0 Å². The third-order valence-electron chi connectivity index (χ3n) is 3.32. The number of nitrogens with one attached hydrogen (secondary N) is 1. The fraction of sp³-hybridized carbons (Fsp3) is 0.188. The average molecular weight is 355 g/mol. The second-order valence-corrected chi connectivity index (χ2v) is 6.32. The van der Waals surface area contributed by atoms with E-state index in [0.717, 1.165) is 22.3 Å². The number of fused-ring (bicyclic) bond motifs is 1. The molecule has 4 rings (SSSR count). The fourth-order valence-corrected chi connectivity index (χ4v) is 3.11. The van der Waals surface area contributed by atoms with Crippen molar-refractivity contribution >= 4 is 17.5 Å². The minimum absolute atomic E-state index is 0.221. The van der Waals surface area contributed by atoms with E-state index >= 15 is 0 Å². The first kappa shape index (κ1) is 15.6. The summed E-state index contributed by atoms with van der Waals surface area (Å²) in [5.74, 6) is 2.55. The van der Waals surface area contributed by atoms with Gasteiger partial charge in [0.1, 0.15) is 11.4 Å². The highest BCUT2D eigenvalue weighted by Crippen LogP contribution is 2.24. The molecule has 0 aliphatic heterocycles. The molecule has 0 fully saturated rings. The lowest BCUT2D eigenvalue weighted by Gasteiger charge is -2.01. The van der Waals surface area contributed by atoms with E-state index in [1.165, 1.54) is 11.8 Å². The standard InChI is InChI=1S/C16H14N6O2S/c1-10-8-14(22-15(17-10)18-11(2)21-22)25-16-20-19-13(24-16)9-23-12-6-4-3-5-7-12/h3-8H,9H2,1-2H3/p+1. The lowest BCUT2D eigenvalue weighted by Crippen LogP contribution is -2.27. The summed E-state index contributed by atoms with van der Waals surface area (Å²) in [6.45, 7) is 4.02. The third kappa shape index (κ3) is 3.45. The lowest BCUT2D eigenvalue weighted by molar-refractivity contribution is -0.620. The van der Waals surface area contributed by atoms with E-state index in [1.54, 1.807) is 4.52 Å². The summed E-state index contributed by atoms with van der Waals surface area (Å²) in [7, 11) is 0. The van der Waals surface area contributed by atoms with Crippen molar-refractivity contribution in [3.8, 4) is 5.75 Å². The summed E-state index contributed by atoms with van der Waals surface area (Å²) in [5.41, 5.74) is 0.862. The molecule has 8 nitrogen and oxygen atoms in total. The summed E-state index contributed by atoms with van der Waals surface area (Å²) in [4.78, 5) is 8.73. The van der Waals surface area contributed by atoms with Crippen LogP contribution >= 0.6 is 11.8 Å². The number of hydrogen-bond acceptors (Lipinski definition) is 7. The number of para-hydroxylation sites is 1. The molecule has 0 radical (unpaired) electrons. The van der Waals surface area contributed by atoms with E-state index in [-0.39, 0.29) is 6.61 Å². The van der Waals surface area contributed by atoms with Gasteiger partial charge in [0.05, 0.1) is 0 Å². The molecule has 3 heterocycles. The van der Waals surface area contributed by atoms with E-state index in [1.807, 2.05) is 50.2 Å². The van der Waals surface area contributed by atoms with Crippen molar-refractivity contribution in [2.45, 2.75) is 30.7 Å². The number of nitrogens with zero attached hydrogens (tertiary/aromatic N) is 5. The van der Waals surface area contributed by atoms with Crippen LogP contribution in [-0.2, 0) is 6.61 Å². The molecular formula is C16H15N6O2S+. The Kier molecular flexibility index (Phi) is 4.06. The van der Waals surface area contributed by atoms with E-state index in [2.05, 4.69) is 25.3 Å². The molecule has 3 aromatic heterocycles. The Hall–Kier alpha value is -2.94. The number of rotatable bonds is 5. The molecule has 0 spiro atoms. The topological polar surface area (TPSA) is 93.8 Å². The Morgan fingerprint density at radius 2 is 2.00 bits per heavy atom. The molecule has 1 N–H and O–H groups in total. The van der Waals surface area contributed by atoms with Crippen molar-refractivity contribution in [2.24, 2.45) is 0 Å². The van der Waals surface area contributed by atoms with Crippen LogP contribution < -0.4 is 9.25 Å². The van der Waals surface area contributed by atoms with Gasteiger partial charge in [-0.2, -0.15) is 0 Å². The Bertz CT molecular complexity index is 1010. The maximum atomic E-state index is 5.65. The Morgan fingerprint density at radius 1 is 1.16 bits per heavy atom. The summed E-state index contributed by atoms with van der Waals surface area (Å²) in [5, 5.41) is 12.5. The average Bonchev–Trinajstić information content (AvgIpc) is 3.19. The van der Waals surface area contributed by atoms with Gasteiger partial charge in [-0.25, -0.2) is 5.10 Å². The van der Waals surface area contributed by atoms with Crippen LogP contribution in [0.4, 0.5) is 0 Å². The van der Waals surface area contributed by atoms with Crippen molar-refractivity contribution in [3.05, 3.63) is 53.8 Å². The molecule has 0 aliphatic carbocycles. The van der Waals surface area contributed by atoms with Crippen LogP contribution in [0.1, 0.15) is 17.4 Å². The highest BCUT2D eigenvalue weighted by Gasteiger charge is 2.19. The van der Waals surface area contributed by atoms with Gasteiger partial charge in [-0.05, 0) is 19.1 Å². The number of hydrogen-bond donors (Lipinski definition) is 1. The monoisotopic (exact) mass is 355 g/mol. The molecule has 0 saturated carbocycles. The quantitative estimate of drug-likeness (QED) is 0.433. The second-order valence-electron chi connectivity index (χ2n) is 5.35. The predicted octanol–water partition coefficient (Wildman–Crippen LogP) is 2.27. The molecule has 0 amide bonds. The van der Waals surface area contributed by atoms with Crippen molar-refractivity contribution in [3.63, 3.8) is 0 Å². The van der Waals surface area contributed by atoms with Crippen molar-refractivity contribution in [1.82, 2.24) is 25.3 Å². The Morgan fingerprint density at radius 3 is 2.84 bits per heavy atom. The molecule has 0 atom stereocenters. The highest BCUT2D eigenvalue weighted by atomic mass is 32.2. The van der Waals surface area contributed by atoms with Crippen LogP contribution in [-0.4, -0.2) is 25.3 Å². The first-order valence-electron chi connectivity index (χ1n) is 7.61. The molecule has 0 unspecified atom stereocenters. The smallest absolute Gasteiger partial charge is 0.458 e. The van der Waals surface area contributed by atoms with Crippen molar-refractivity contribution in [1.29, 1.82) is 0 Å². The van der Waals surface area contributed by atoms with Gasteiger partial charge in [0, 0.05) is 24.8 Å². The van der Waals surface area contributed by atoms with Crippen LogP contribution in [0.2, 0.25) is 0 Å². The molecule has 0 saturated heterocycles. The van der Waals surface area contributed by atoms with Gasteiger partial charge >= 0.3 is 5.78 Å². The van der Waals surface area contributed by atoms with Gasteiger partial charge < -0.3 is 9.15 Å². The number of ether oxygens (including phenoxy) is 1. The lowest BCUT2D eigenvalue weighted by atomic mass is 10.3. The molecule has 126 valence electrons. The first-order valence-corrected chi connectivity index (χ1v) is 8.43. The zero-order valence-corrected chi connectivity index (χ0v) is 14.4.